The molecule has 0 fully saturated rings. The molecule has 64 valence electrons. The maximum Gasteiger partial charge on any atom is 0.272 e. The summed E-state index contributed by atoms with van der Waals surface area (Å²) in [5, 5.41) is 0. The van der Waals surface area contributed by atoms with Crippen LogP contribution in [-0.2, 0) is 4.74 Å². The minimum atomic E-state index is -0.506. The Morgan fingerprint density at radius 1 is 1.36 bits per heavy atom. The predicted molar refractivity (Wildman–Crippen MR) is 44.9 cm³/mol. The van der Waals surface area contributed by atoms with Gasteiger partial charge < -0.3 is 4.74 Å². The Morgan fingerprint density at radius 2 is 2.00 bits per heavy atom. The second-order valence-corrected chi connectivity index (χ2v) is 2.56. The van der Waals surface area contributed by atoms with E-state index in [-0.39, 0.29) is 0 Å². The van der Waals surface area contributed by atoms with Crippen molar-refractivity contribution in [3.05, 3.63) is 23.7 Å². The zero-order valence-electron chi connectivity index (χ0n) is 7.36. The van der Waals surface area contributed by atoms with Gasteiger partial charge in [0.1, 0.15) is 0 Å². The van der Waals surface area contributed by atoms with Crippen molar-refractivity contribution in [3.8, 4) is 0 Å². The first kappa shape index (κ1) is 10.2. The summed E-state index contributed by atoms with van der Waals surface area (Å²) in [4.78, 5) is 0. The van der Waals surface area contributed by atoms with Crippen molar-refractivity contribution in [2.45, 2.75) is 27.2 Å². The van der Waals surface area contributed by atoms with Gasteiger partial charge in [-0.3, -0.25) is 0 Å². The molecule has 0 heterocycles. The molecule has 0 bridgehead atoms. The predicted octanol–water partition coefficient (Wildman–Crippen LogP) is 3.19. The second kappa shape index (κ2) is 5.96. The summed E-state index contributed by atoms with van der Waals surface area (Å²) in [5.74, 6) is 0. The third-order valence-corrected chi connectivity index (χ3v) is 0.992. The van der Waals surface area contributed by atoms with Gasteiger partial charge in [-0.2, -0.15) is 4.39 Å². The standard InChI is InChI=1S/C9H15FO/c1-4-7-11-9(10)6-5-8(2)3/h5-6H,4,7H2,1-3H3/b9-6-. The monoisotopic (exact) mass is 158 g/mol. The highest BCUT2D eigenvalue weighted by molar-refractivity contribution is 5.08. The van der Waals surface area contributed by atoms with Crippen molar-refractivity contribution in [1.82, 2.24) is 0 Å². The third kappa shape index (κ3) is 7.10. The summed E-state index contributed by atoms with van der Waals surface area (Å²) in [7, 11) is 0. The Bertz CT molecular complexity index is 155. The molecular weight excluding hydrogens is 143 g/mol. The summed E-state index contributed by atoms with van der Waals surface area (Å²) < 4.78 is 17.2. The topological polar surface area (TPSA) is 9.23 Å². The highest BCUT2D eigenvalue weighted by Gasteiger charge is 1.89. The molecule has 11 heavy (non-hydrogen) atoms. The van der Waals surface area contributed by atoms with Crippen LogP contribution in [0, 0.1) is 0 Å². The van der Waals surface area contributed by atoms with Crippen LogP contribution in [0.1, 0.15) is 27.2 Å². The van der Waals surface area contributed by atoms with Crippen molar-refractivity contribution in [2.75, 3.05) is 6.61 Å². The fourth-order valence-corrected chi connectivity index (χ4v) is 0.480. The molecule has 0 atom stereocenters. The van der Waals surface area contributed by atoms with Crippen LogP contribution in [0.3, 0.4) is 0 Å². The number of hydrogen-bond acceptors (Lipinski definition) is 1. The van der Waals surface area contributed by atoms with E-state index in [1.165, 1.54) is 6.08 Å². The summed E-state index contributed by atoms with van der Waals surface area (Å²) in [6.45, 7) is 6.19. The van der Waals surface area contributed by atoms with Crippen LogP contribution >= 0.6 is 0 Å². The molecule has 0 amide bonds. The molecule has 0 saturated heterocycles. The number of hydrogen-bond donors (Lipinski definition) is 0. The maximum atomic E-state index is 12.5. The molecule has 0 N–H and O–H groups in total. The van der Waals surface area contributed by atoms with Gasteiger partial charge in [0.2, 0.25) is 0 Å². The molecule has 0 rings (SSSR count). The smallest absolute Gasteiger partial charge is 0.272 e. The van der Waals surface area contributed by atoms with E-state index >= 15 is 0 Å². The Morgan fingerprint density at radius 3 is 2.45 bits per heavy atom. The summed E-state index contributed by atoms with van der Waals surface area (Å²) in [6.07, 6.45) is 3.85. The molecule has 0 aromatic rings. The van der Waals surface area contributed by atoms with Crippen LogP contribution in [0.5, 0.6) is 0 Å². The molecule has 0 unspecified atom stereocenters. The molecular formula is C9H15FO. The van der Waals surface area contributed by atoms with E-state index < -0.39 is 6.01 Å². The van der Waals surface area contributed by atoms with Gasteiger partial charge in [0.15, 0.2) is 0 Å². The summed E-state index contributed by atoms with van der Waals surface area (Å²) in [6, 6.07) is -0.506. The van der Waals surface area contributed by atoms with Crippen LogP contribution in [0.4, 0.5) is 4.39 Å². The average Bonchev–Trinajstić information content (AvgIpc) is 1.97. The van der Waals surface area contributed by atoms with Crippen molar-refractivity contribution < 1.29 is 9.13 Å². The van der Waals surface area contributed by atoms with Crippen molar-refractivity contribution in [1.29, 1.82) is 0 Å². The lowest BCUT2D eigenvalue weighted by atomic mass is 10.3. The van der Waals surface area contributed by atoms with Crippen LogP contribution in [0.2, 0.25) is 0 Å². The van der Waals surface area contributed by atoms with Gasteiger partial charge >= 0.3 is 0 Å². The van der Waals surface area contributed by atoms with E-state index in [1.807, 2.05) is 20.8 Å². The molecule has 2 heteroatoms. The second-order valence-electron chi connectivity index (χ2n) is 2.56. The van der Waals surface area contributed by atoms with Crippen molar-refractivity contribution >= 4 is 0 Å². The van der Waals surface area contributed by atoms with Crippen molar-refractivity contribution in [2.24, 2.45) is 0 Å². The average molecular weight is 158 g/mol. The molecule has 0 radical (unpaired) electrons. The fourth-order valence-electron chi connectivity index (χ4n) is 0.480. The van der Waals surface area contributed by atoms with E-state index in [9.17, 15) is 4.39 Å². The Balaban J connectivity index is 3.72. The van der Waals surface area contributed by atoms with E-state index in [2.05, 4.69) is 0 Å². The zero-order chi connectivity index (χ0) is 8.69. The molecule has 0 spiro atoms. The Kier molecular flexibility index (Phi) is 5.53. The number of halogens is 1. The summed E-state index contributed by atoms with van der Waals surface area (Å²) in [5.41, 5.74) is 1.06. The minimum absolute atomic E-state index is 0.443. The van der Waals surface area contributed by atoms with E-state index in [1.54, 1.807) is 6.08 Å². The van der Waals surface area contributed by atoms with Gasteiger partial charge in [0, 0.05) is 6.08 Å². The van der Waals surface area contributed by atoms with Gasteiger partial charge in [0.05, 0.1) is 6.61 Å². The highest BCUT2D eigenvalue weighted by Crippen LogP contribution is 2.01. The van der Waals surface area contributed by atoms with Gasteiger partial charge in [-0.05, 0) is 20.3 Å². The first-order valence-electron chi connectivity index (χ1n) is 3.80. The lowest BCUT2D eigenvalue weighted by Gasteiger charge is -1.97. The zero-order valence-corrected chi connectivity index (χ0v) is 7.36. The maximum absolute atomic E-state index is 12.5. The first-order chi connectivity index (χ1) is 5.16. The quantitative estimate of drug-likeness (QED) is 0.451. The molecule has 0 aromatic heterocycles. The fraction of sp³-hybridized carbons (Fsp3) is 0.556. The first-order valence-corrected chi connectivity index (χ1v) is 3.80. The SMILES string of the molecule is CCCO/C(F)=C\C=C(C)C. The Labute approximate surface area is 67.6 Å². The van der Waals surface area contributed by atoms with Gasteiger partial charge in [-0.25, -0.2) is 0 Å². The Hall–Kier alpha value is -0.790. The highest BCUT2D eigenvalue weighted by atomic mass is 19.1. The summed E-state index contributed by atoms with van der Waals surface area (Å²) >= 11 is 0. The normalized spacial score (nSPS) is 11.1. The molecule has 0 aliphatic carbocycles. The minimum Gasteiger partial charge on any atom is -0.471 e. The third-order valence-electron chi connectivity index (χ3n) is 0.992. The molecule has 0 saturated carbocycles. The molecule has 0 aliphatic heterocycles. The van der Waals surface area contributed by atoms with Crippen LogP contribution in [0.25, 0.3) is 0 Å². The number of allylic oxidation sites excluding steroid dienone is 3. The number of rotatable bonds is 4. The van der Waals surface area contributed by atoms with Crippen LogP contribution in [0.15, 0.2) is 23.7 Å². The van der Waals surface area contributed by atoms with E-state index in [4.69, 9.17) is 4.74 Å². The largest absolute Gasteiger partial charge is 0.471 e. The van der Waals surface area contributed by atoms with Gasteiger partial charge in [-0.1, -0.05) is 18.6 Å². The van der Waals surface area contributed by atoms with E-state index in [0.717, 1.165) is 12.0 Å². The lowest BCUT2D eigenvalue weighted by Crippen LogP contribution is -1.87. The van der Waals surface area contributed by atoms with Crippen LogP contribution in [-0.4, -0.2) is 6.61 Å². The van der Waals surface area contributed by atoms with Gasteiger partial charge in [-0.15, -0.1) is 0 Å². The van der Waals surface area contributed by atoms with E-state index in [0.29, 0.717) is 6.61 Å². The van der Waals surface area contributed by atoms with Crippen LogP contribution < -0.4 is 0 Å². The van der Waals surface area contributed by atoms with Crippen molar-refractivity contribution in [3.63, 3.8) is 0 Å². The lowest BCUT2D eigenvalue weighted by molar-refractivity contribution is 0.146. The molecule has 1 nitrogen and oxygen atoms in total. The molecule has 0 aliphatic rings. The number of ether oxygens (including phenoxy) is 1. The van der Waals surface area contributed by atoms with Gasteiger partial charge in [0.25, 0.3) is 6.01 Å². The molecule has 0 aromatic carbocycles.